The molecule has 0 saturated heterocycles. The summed E-state index contributed by atoms with van der Waals surface area (Å²) in [5.41, 5.74) is 0. The molecule has 0 rings (SSSR count). The highest BCUT2D eigenvalue weighted by molar-refractivity contribution is 5.71. The first kappa shape index (κ1) is 57.1. The van der Waals surface area contributed by atoms with Gasteiger partial charge in [0.15, 0.2) is 6.10 Å². The summed E-state index contributed by atoms with van der Waals surface area (Å²) >= 11 is 0. The SMILES string of the molecule is CC\C=C/C=C\C=C/C=C\CCCCCCCC(=O)OC(COC(=O)CCC/C=C\C/C=C\C/C=C\C/C=C\CCCCC)COC(=O)CCCCCCC/C=C\CCCC. The van der Waals surface area contributed by atoms with Crippen LogP contribution in [0.2, 0.25) is 0 Å². The summed E-state index contributed by atoms with van der Waals surface area (Å²) in [6.45, 7) is 6.33. The van der Waals surface area contributed by atoms with E-state index in [2.05, 4.69) is 106 Å². The topological polar surface area (TPSA) is 78.9 Å². The average Bonchev–Trinajstić information content (AvgIpc) is 3.26. The first-order chi connectivity index (χ1) is 30.0. The van der Waals surface area contributed by atoms with Gasteiger partial charge in [-0.3, -0.25) is 14.4 Å². The number of rotatable bonds is 42. The second-order valence-corrected chi connectivity index (χ2v) is 15.7. The van der Waals surface area contributed by atoms with E-state index in [1.54, 1.807) is 0 Å². The van der Waals surface area contributed by atoms with Gasteiger partial charge in [-0.05, 0) is 96.3 Å². The first-order valence-corrected chi connectivity index (χ1v) is 24.4. The Balaban J connectivity index is 4.54. The fourth-order valence-electron chi connectivity index (χ4n) is 6.13. The van der Waals surface area contributed by atoms with E-state index < -0.39 is 6.10 Å². The predicted molar refractivity (Wildman–Crippen MR) is 260 cm³/mol. The second kappa shape index (κ2) is 48.7. The molecule has 6 nitrogen and oxygen atoms in total. The molecule has 0 heterocycles. The summed E-state index contributed by atoms with van der Waals surface area (Å²) in [6, 6.07) is 0. The van der Waals surface area contributed by atoms with Crippen molar-refractivity contribution in [1.82, 2.24) is 0 Å². The van der Waals surface area contributed by atoms with Crippen molar-refractivity contribution in [2.24, 2.45) is 0 Å². The van der Waals surface area contributed by atoms with E-state index in [9.17, 15) is 14.4 Å². The summed E-state index contributed by atoms with van der Waals surface area (Å²) in [7, 11) is 0. The summed E-state index contributed by atoms with van der Waals surface area (Å²) in [5, 5.41) is 0. The molecule has 0 aromatic rings. The number of carbonyl (C=O) groups excluding carboxylic acids is 3. The van der Waals surface area contributed by atoms with Crippen LogP contribution in [0.3, 0.4) is 0 Å². The number of esters is 3. The van der Waals surface area contributed by atoms with Gasteiger partial charge >= 0.3 is 17.9 Å². The maximum Gasteiger partial charge on any atom is 0.306 e. The molecule has 1 unspecified atom stereocenters. The molecule has 6 heteroatoms. The lowest BCUT2D eigenvalue weighted by Crippen LogP contribution is -2.30. The fourth-order valence-corrected chi connectivity index (χ4v) is 6.13. The fraction of sp³-hybridized carbons (Fsp3) is 0.618. The molecule has 0 radical (unpaired) electrons. The van der Waals surface area contributed by atoms with Gasteiger partial charge in [0.25, 0.3) is 0 Å². The van der Waals surface area contributed by atoms with Gasteiger partial charge in [0, 0.05) is 19.3 Å². The summed E-state index contributed by atoms with van der Waals surface area (Å²) < 4.78 is 16.7. The minimum Gasteiger partial charge on any atom is -0.462 e. The van der Waals surface area contributed by atoms with Crippen LogP contribution in [-0.4, -0.2) is 37.2 Å². The number of hydrogen-bond donors (Lipinski definition) is 0. The van der Waals surface area contributed by atoms with Gasteiger partial charge in [-0.25, -0.2) is 0 Å². The number of hydrogen-bond acceptors (Lipinski definition) is 6. The van der Waals surface area contributed by atoms with Crippen LogP contribution in [0.15, 0.2) is 109 Å². The van der Waals surface area contributed by atoms with Crippen LogP contribution in [-0.2, 0) is 28.6 Å². The minimum absolute atomic E-state index is 0.112. The zero-order valence-electron chi connectivity index (χ0n) is 39.1. The van der Waals surface area contributed by atoms with E-state index in [1.165, 1.54) is 51.4 Å². The molecule has 0 aliphatic carbocycles. The molecule has 0 amide bonds. The third kappa shape index (κ3) is 47.0. The highest BCUT2D eigenvalue weighted by Gasteiger charge is 2.19. The molecule has 0 saturated carbocycles. The molecule has 0 aromatic carbocycles. The van der Waals surface area contributed by atoms with E-state index >= 15 is 0 Å². The Morgan fingerprint density at radius 1 is 0.361 bits per heavy atom. The number of allylic oxidation sites excluding steroid dienone is 18. The van der Waals surface area contributed by atoms with Gasteiger partial charge in [-0.1, -0.05) is 194 Å². The molecule has 0 aliphatic heterocycles. The van der Waals surface area contributed by atoms with E-state index in [1.807, 2.05) is 24.3 Å². The molecular formula is C55H88O6. The number of carbonyl (C=O) groups is 3. The second-order valence-electron chi connectivity index (χ2n) is 15.7. The van der Waals surface area contributed by atoms with Crippen molar-refractivity contribution in [3.63, 3.8) is 0 Å². The summed E-state index contributed by atoms with van der Waals surface area (Å²) in [6.07, 6.45) is 65.0. The largest absolute Gasteiger partial charge is 0.462 e. The van der Waals surface area contributed by atoms with E-state index in [4.69, 9.17) is 14.2 Å². The molecule has 0 spiro atoms. The maximum atomic E-state index is 12.8. The molecule has 0 fully saturated rings. The van der Waals surface area contributed by atoms with Gasteiger partial charge < -0.3 is 14.2 Å². The normalized spacial score (nSPS) is 13.0. The van der Waals surface area contributed by atoms with Crippen molar-refractivity contribution in [1.29, 1.82) is 0 Å². The highest BCUT2D eigenvalue weighted by Crippen LogP contribution is 2.12. The van der Waals surface area contributed by atoms with Crippen LogP contribution in [0, 0.1) is 0 Å². The van der Waals surface area contributed by atoms with Gasteiger partial charge in [0.05, 0.1) is 0 Å². The Morgan fingerprint density at radius 2 is 0.738 bits per heavy atom. The van der Waals surface area contributed by atoms with Crippen molar-refractivity contribution < 1.29 is 28.6 Å². The van der Waals surface area contributed by atoms with Gasteiger partial charge in [0.2, 0.25) is 0 Å². The van der Waals surface area contributed by atoms with Crippen LogP contribution in [0.4, 0.5) is 0 Å². The number of ether oxygens (including phenoxy) is 3. The Morgan fingerprint density at radius 3 is 1.28 bits per heavy atom. The molecule has 0 bridgehead atoms. The van der Waals surface area contributed by atoms with Crippen LogP contribution in [0.25, 0.3) is 0 Å². The lowest BCUT2D eigenvalue weighted by molar-refractivity contribution is -0.167. The van der Waals surface area contributed by atoms with Crippen LogP contribution in [0.1, 0.15) is 201 Å². The van der Waals surface area contributed by atoms with Crippen molar-refractivity contribution in [3.8, 4) is 0 Å². The molecule has 1 atom stereocenters. The zero-order valence-corrected chi connectivity index (χ0v) is 39.1. The molecule has 0 aromatic heterocycles. The maximum absolute atomic E-state index is 12.8. The third-order valence-corrected chi connectivity index (χ3v) is 9.83. The lowest BCUT2D eigenvalue weighted by atomic mass is 10.1. The molecule has 344 valence electrons. The first-order valence-electron chi connectivity index (χ1n) is 24.4. The molecule has 0 N–H and O–H groups in total. The Kier molecular flexibility index (Phi) is 45.6. The van der Waals surface area contributed by atoms with E-state index in [-0.39, 0.29) is 44.0 Å². The van der Waals surface area contributed by atoms with E-state index in [0.29, 0.717) is 12.8 Å². The summed E-state index contributed by atoms with van der Waals surface area (Å²) in [5.74, 6) is -1.01. The van der Waals surface area contributed by atoms with Crippen molar-refractivity contribution >= 4 is 17.9 Å². The Hall–Kier alpha value is -3.93. The quantitative estimate of drug-likeness (QED) is 0.0200. The van der Waals surface area contributed by atoms with Crippen LogP contribution < -0.4 is 0 Å². The van der Waals surface area contributed by atoms with Crippen molar-refractivity contribution in [2.75, 3.05) is 13.2 Å². The standard InChI is InChI=1S/C55H88O6/c1-4-7-10-13-16-19-22-24-26-27-29-30-33-36-39-42-45-48-54(57)60-51-52(50-59-53(56)47-44-41-38-35-32-21-18-15-12-9-6-3)61-55(58)49-46-43-40-37-34-31-28-25-23-20-17-14-11-8-5-2/h8,11,14-20,23-26,28-30,36,39,52H,4-7,9-10,12-13,21-22,27,31-35,37-38,40-51H2,1-3H3/b11-8-,17-14-,18-15-,19-16-,23-20-,26-24-,28-25-,30-29-,39-36-. The highest BCUT2D eigenvalue weighted by atomic mass is 16.6. The monoisotopic (exact) mass is 845 g/mol. The third-order valence-electron chi connectivity index (χ3n) is 9.83. The minimum atomic E-state index is -0.816. The van der Waals surface area contributed by atoms with Gasteiger partial charge in [-0.15, -0.1) is 0 Å². The van der Waals surface area contributed by atoms with Crippen molar-refractivity contribution in [3.05, 3.63) is 109 Å². The Bertz CT molecular complexity index is 1290. The predicted octanol–water partition coefficient (Wildman–Crippen LogP) is 16.0. The van der Waals surface area contributed by atoms with Crippen molar-refractivity contribution in [2.45, 2.75) is 207 Å². The summed E-state index contributed by atoms with van der Waals surface area (Å²) in [4.78, 5) is 37.9. The average molecular weight is 845 g/mol. The smallest absolute Gasteiger partial charge is 0.306 e. The van der Waals surface area contributed by atoms with E-state index in [0.717, 1.165) is 103 Å². The zero-order chi connectivity index (χ0) is 44.4. The van der Waals surface area contributed by atoms with Gasteiger partial charge in [0.1, 0.15) is 13.2 Å². The number of unbranched alkanes of at least 4 members (excludes halogenated alkanes) is 16. The lowest BCUT2D eigenvalue weighted by Gasteiger charge is -2.18. The molecule has 0 aliphatic rings. The molecule has 61 heavy (non-hydrogen) atoms. The molecular weight excluding hydrogens is 757 g/mol. The van der Waals surface area contributed by atoms with Gasteiger partial charge in [-0.2, -0.15) is 0 Å². The Labute approximate surface area is 374 Å². The van der Waals surface area contributed by atoms with Crippen LogP contribution in [0.5, 0.6) is 0 Å². The van der Waals surface area contributed by atoms with Crippen LogP contribution >= 0.6 is 0 Å².